The van der Waals surface area contributed by atoms with Gasteiger partial charge < -0.3 is 9.26 Å². The van der Waals surface area contributed by atoms with Crippen LogP contribution in [0.2, 0.25) is 0 Å². The van der Waals surface area contributed by atoms with Gasteiger partial charge in [0, 0.05) is 36.0 Å². The predicted octanol–water partition coefficient (Wildman–Crippen LogP) is 2.61. The third-order valence-corrected chi connectivity index (χ3v) is 4.16. The quantitative estimate of drug-likeness (QED) is 0.511. The Balaban J connectivity index is 1.52. The van der Waals surface area contributed by atoms with E-state index in [2.05, 4.69) is 20.2 Å². The van der Waals surface area contributed by atoms with E-state index in [9.17, 15) is 4.79 Å². The van der Waals surface area contributed by atoms with Crippen LogP contribution in [0.5, 0.6) is 5.75 Å². The lowest BCUT2D eigenvalue weighted by Gasteiger charge is -2.07. The normalized spacial score (nSPS) is 10.8. The average Bonchev–Trinajstić information content (AvgIpc) is 3.23. The van der Waals surface area contributed by atoms with Crippen molar-refractivity contribution < 1.29 is 9.26 Å². The van der Waals surface area contributed by atoms with Crippen LogP contribution < -0.4 is 10.3 Å². The van der Waals surface area contributed by atoms with E-state index in [4.69, 9.17) is 9.26 Å². The second-order valence-electron chi connectivity index (χ2n) is 6.02. The van der Waals surface area contributed by atoms with Crippen LogP contribution in [-0.2, 0) is 13.0 Å². The summed E-state index contributed by atoms with van der Waals surface area (Å²) in [7, 11) is 1.61. The largest absolute Gasteiger partial charge is 0.497 e. The second-order valence-corrected chi connectivity index (χ2v) is 6.02. The minimum atomic E-state index is -0.196. The maximum atomic E-state index is 12.2. The van der Waals surface area contributed by atoms with Crippen molar-refractivity contribution in [3.8, 4) is 28.4 Å². The molecule has 0 fully saturated rings. The van der Waals surface area contributed by atoms with Crippen LogP contribution in [-0.4, -0.2) is 32.0 Å². The first-order chi connectivity index (χ1) is 13.7. The monoisotopic (exact) mass is 375 g/mol. The fourth-order valence-corrected chi connectivity index (χ4v) is 2.72. The molecule has 4 rings (SSSR count). The molecule has 0 radical (unpaired) electrons. The summed E-state index contributed by atoms with van der Waals surface area (Å²) in [6.45, 7) is 0.325. The molecule has 0 unspecified atom stereocenters. The van der Waals surface area contributed by atoms with Crippen molar-refractivity contribution >= 4 is 0 Å². The average molecular weight is 375 g/mol. The Bertz CT molecular complexity index is 1140. The van der Waals surface area contributed by atoms with Gasteiger partial charge in [0.1, 0.15) is 5.75 Å². The zero-order valence-electron chi connectivity index (χ0n) is 15.1. The number of aryl methyl sites for hydroxylation is 2. The molecule has 4 aromatic rings. The van der Waals surface area contributed by atoms with Gasteiger partial charge in [-0.2, -0.15) is 10.1 Å². The van der Waals surface area contributed by atoms with Crippen molar-refractivity contribution in [3.63, 3.8) is 0 Å². The number of methoxy groups -OCH3 is 1. The van der Waals surface area contributed by atoms with Crippen LogP contribution in [0.25, 0.3) is 22.6 Å². The summed E-state index contributed by atoms with van der Waals surface area (Å²) in [6, 6.07) is 14.4. The lowest BCUT2D eigenvalue weighted by atomic mass is 10.1. The molecule has 1 aromatic carbocycles. The summed E-state index contributed by atoms with van der Waals surface area (Å²) in [5.74, 6) is 1.62. The van der Waals surface area contributed by atoms with E-state index in [1.165, 1.54) is 10.7 Å². The maximum Gasteiger partial charge on any atom is 0.266 e. The molecule has 3 heterocycles. The molecule has 28 heavy (non-hydrogen) atoms. The second kappa shape index (κ2) is 7.83. The van der Waals surface area contributed by atoms with Crippen LogP contribution in [0, 0.1) is 0 Å². The summed E-state index contributed by atoms with van der Waals surface area (Å²) in [6.07, 6.45) is 3.73. The molecule has 0 aliphatic rings. The first-order valence-electron chi connectivity index (χ1n) is 8.68. The third-order valence-electron chi connectivity index (χ3n) is 4.16. The molecule has 3 aromatic heterocycles. The number of nitrogens with zero attached hydrogens (tertiary/aromatic N) is 5. The van der Waals surface area contributed by atoms with E-state index in [0.29, 0.717) is 30.4 Å². The SMILES string of the molecule is COc1cccc(-c2ccc(=O)n(CCc3nc(-c4cccnc4)no3)n2)c1. The molecule has 0 N–H and O–H groups in total. The highest BCUT2D eigenvalue weighted by Crippen LogP contribution is 2.21. The van der Waals surface area contributed by atoms with Crippen LogP contribution in [0.3, 0.4) is 0 Å². The fraction of sp³-hybridized carbons (Fsp3) is 0.150. The molecule has 0 aliphatic heterocycles. The lowest BCUT2D eigenvalue weighted by Crippen LogP contribution is -2.23. The zero-order valence-corrected chi connectivity index (χ0v) is 15.1. The molecule has 0 atom stereocenters. The highest BCUT2D eigenvalue weighted by atomic mass is 16.5. The number of rotatable bonds is 6. The Hall–Kier alpha value is -3.81. The Kier molecular flexibility index (Phi) is 4.92. The number of pyridine rings is 1. The van der Waals surface area contributed by atoms with Gasteiger partial charge in [0.2, 0.25) is 11.7 Å². The van der Waals surface area contributed by atoms with E-state index in [1.807, 2.05) is 30.3 Å². The molecule has 0 bridgehead atoms. The summed E-state index contributed by atoms with van der Waals surface area (Å²) in [4.78, 5) is 20.6. The van der Waals surface area contributed by atoms with Gasteiger partial charge in [-0.15, -0.1) is 0 Å². The highest BCUT2D eigenvalue weighted by Gasteiger charge is 2.10. The van der Waals surface area contributed by atoms with Crippen molar-refractivity contribution in [2.45, 2.75) is 13.0 Å². The smallest absolute Gasteiger partial charge is 0.266 e. The summed E-state index contributed by atoms with van der Waals surface area (Å²) in [5, 5.41) is 8.40. The number of benzene rings is 1. The first kappa shape index (κ1) is 17.6. The Morgan fingerprint density at radius 2 is 2.00 bits per heavy atom. The number of hydrogen-bond acceptors (Lipinski definition) is 7. The van der Waals surface area contributed by atoms with Gasteiger partial charge in [0.15, 0.2) is 0 Å². The van der Waals surface area contributed by atoms with Gasteiger partial charge in [0.05, 0.1) is 19.3 Å². The summed E-state index contributed by atoms with van der Waals surface area (Å²) >= 11 is 0. The van der Waals surface area contributed by atoms with Crippen LogP contribution >= 0.6 is 0 Å². The molecule has 0 saturated carbocycles. The van der Waals surface area contributed by atoms with Gasteiger partial charge in [-0.3, -0.25) is 9.78 Å². The minimum Gasteiger partial charge on any atom is -0.497 e. The summed E-state index contributed by atoms with van der Waals surface area (Å²) < 4.78 is 11.9. The maximum absolute atomic E-state index is 12.2. The molecule has 0 aliphatic carbocycles. The topological polar surface area (TPSA) is 95.9 Å². The van der Waals surface area contributed by atoms with E-state index >= 15 is 0 Å². The Morgan fingerprint density at radius 1 is 1.11 bits per heavy atom. The van der Waals surface area contributed by atoms with Crippen LogP contribution in [0.15, 0.2) is 70.2 Å². The third kappa shape index (κ3) is 3.80. The van der Waals surface area contributed by atoms with Crippen LogP contribution in [0.4, 0.5) is 0 Å². The van der Waals surface area contributed by atoms with Crippen molar-refractivity contribution in [2.24, 2.45) is 0 Å². The van der Waals surface area contributed by atoms with Crippen molar-refractivity contribution in [1.29, 1.82) is 0 Å². The molecular weight excluding hydrogens is 358 g/mol. The molecule has 0 saturated heterocycles. The van der Waals surface area contributed by atoms with E-state index < -0.39 is 0 Å². The molecule has 0 amide bonds. The van der Waals surface area contributed by atoms with Crippen molar-refractivity contribution in [1.82, 2.24) is 24.9 Å². The predicted molar refractivity (Wildman–Crippen MR) is 102 cm³/mol. The molecule has 8 heteroatoms. The lowest BCUT2D eigenvalue weighted by molar-refractivity contribution is 0.368. The van der Waals surface area contributed by atoms with Crippen LogP contribution in [0.1, 0.15) is 5.89 Å². The number of ether oxygens (including phenoxy) is 1. The highest BCUT2D eigenvalue weighted by molar-refractivity contribution is 5.60. The molecule has 8 nitrogen and oxygen atoms in total. The van der Waals surface area contributed by atoms with Gasteiger partial charge in [-0.05, 0) is 30.3 Å². The van der Waals surface area contributed by atoms with Gasteiger partial charge in [-0.1, -0.05) is 17.3 Å². The van der Waals surface area contributed by atoms with Gasteiger partial charge >= 0.3 is 0 Å². The Labute approximate surface area is 160 Å². The van der Waals surface area contributed by atoms with Gasteiger partial charge in [-0.25, -0.2) is 4.68 Å². The molecule has 140 valence electrons. The molecular formula is C20H17N5O3. The van der Waals surface area contributed by atoms with Crippen molar-refractivity contribution in [2.75, 3.05) is 7.11 Å². The summed E-state index contributed by atoms with van der Waals surface area (Å²) in [5.41, 5.74) is 2.12. The fourth-order valence-electron chi connectivity index (χ4n) is 2.72. The molecule has 0 spiro atoms. The van der Waals surface area contributed by atoms with Gasteiger partial charge in [0.25, 0.3) is 5.56 Å². The number of aromatic nitrogens is 5. The van der Waals surface area contributed by atoms with E-state index in [-0.39, 0.29) is 5.56 Å². The zero-order chi connectivity index (χ0) is 19.3. The van der Waals surface area contributed by atoms with E-state index in [1.54, 1.807) is 31.6 Å². The van der Waals surface area contributed by atoms with Crippen molar-refractivity contribution in [3.05, 3.63) is 77.2 Å². The standard InChI is InChI=1S/C20H17N5O3/c1-27-16-6-2-4-14(12-16)17-7-8-19(26)25(23-17)11-9-18-22-20(24-28-18)15-5-3-10-21-13-15/h2-8,10,12-13H,9,11H2,1H3. The first-order valence-corrected chi connectivity index (χ1v) is 8.68. The van der Waals surface area contributed by atoms with E-state index in [0.717, 1.165) is 16.9 Å². The minimum absolute atomic E-state index is 0.196. The Morgan fingerprint density at radius 3 is 2.82 bits per heavy atom. The number of hydrogen-bond donors (Lipinski definition) is 0.